The molecule has 342 valence electrons. The van der Waals surface area contributed by atoms with Crippen molar-refractivity contribution < 1.29 is 0 Å². The van der Waals surface area contributed by atoms with Crippen LogP contribution in [-0.2, 0) is 0 Å². The summed E-state index contributed by atoms with van der Waals surface area (Å²) in [5.41, 5.74) is 13.9. The average Bonchev–Trinajstić information content (AvgIpc) is 4.26. The zero-order chi connectivity index (χ0) is 49.0. The van der Waals surface area contributed by atoms with Crippen molar-refractivity contribution in [3.05, 3.63) is 248 Å². The molecule has 0 spiro atoms. The zero-order valence-electron chi connectivity index (χ0n) is 39.5. The standard InChI is InChI=1S/C68H38N4S2/c1-70-62-59(42-22-7-3-8-23-42)54(40-69)63(71-55-32-16-13-30-53(55)61-48(31-19-33-56(61)71)45-27-12-11-26-44(45)41-20-5-2-6-21-41)60(43-24-9-4-10-25-43)66(62)72-64-49(36-38-51-46-28-14-17-34-57(46)73-67(51)64)50-37-39-52-47-29-15-18-35-58(47)74-68(52)65(50)72/h2-39H. The van der Waals surface area contributed by atoms with Crippen LogP contribution in [0.25, 0.3) is 145 Å². The Bertz CT molecular complexity index is 4780. The molecule has 0 radical (unpaired) electrons. The van der Waals surface area contributed by atoms with Crippen molar-refractivity contribution in [3.8, 4) is 62.0 Å². The predicted molar refractivity (Wildman–Crippen MR) is 314 cm³/mol. The van der Waals surface area contributed by atoms with Gasteiger partial charge in [-0.1, -0.05) is 206 Å². The minimum atomic E-state index is 0.420. The second kappa shape index (κ2) is 16.5. The van der Waals surface area contributed by atoms with Crippen molar-refractivity contribution in [3.63, 3.8) is 0 Å². The predicted octanol–water partition coefficient (Wildman–Crippen LogP) is 19.7. The van der Waals surface area contributed by atoms with E-state index < -0.39 is 0 Å². The van der Waals surface area contributed by atoms with Gasteiger partial charge in [0.25, 0.3) is 0 Å². The van der Waals surface area contributed by atoms with E-state index in [4.69, 9.17) is 0 Å². The van der Waals surface area contributed by atoms with Crippen LogP contribution in [0, 0.1) is 17.9 Å². The lowest BCUT2D eigenvalue weighted by molar-refractivity contribution is 1.14. The zero-order valence-corrected chi connectivity index (χ0v) is 41.2. The molecular weight excluding hydrogens is 937 g/mol. The lowest BCUT2D eigenvalue weighted by atomic mass is 9.88. The van der Waals surface area contributed by atoms with Crippen LogP contribution >= 0.6 is 22.7 Å². The molecule has 0 saturated heterocycles. The number of rotatable bonds is 6. The molecule has 4 heterocycles. The third kappa shape index (κ3) is 5.99. The summed E-state index contributed by atoms with van der Waals surface area (Å²) in [6, 6.07) is 84.4. The molecule has 15 rings (SSSR count). The number of benzene rings is 11. The lowest BCUT2D eigenvalue weighted by Gasteiger charge is -2.26. The van der Waals surface area contributed by atoms with Crippen molar-refractivity contribution in [2.24, 2.45) is 0 Å². The molecule has 11 aromatic carbocycles. The summed E-state index contributed by atoms with van der Waals surface area (Å²) in [4.78, 5) is 4.67. The van der Waals surface area contributed by atoms with Gasteiger partial charge in [0.1, 0.15) is 6.07 Å². The first-order valence-electron chi connectivity index (χ1n) is 24.7. The van der Waals surface area contributed by atoms with Gasteiger partial charge in [-0.05, 0) is 57.6 Å². The molecule has 4 aromatic heterocycles. The van der Waals surface area contributed by atoms with E-state index in [0.717, 1.165) is 103 Å². The number of nitrogens with zero attached hydrogens (tertiary/aromatic N) is 4. The van der Waals surface area contributed by atoms with Gasteiger partial charge in [-0.3, -0.25) is 0 Å². The second-order valence-corrected chi connectivity index (χ2v) is 20.9. The van der Waals surface area contributed by atoms with E-state index in [9.17, 15) is 11.8 Å². The minimum Gasteiger partial charge on any atom is -0.316 e. The number of thiophene rings is 2. The normalized spacial score (nSPS) is 11.8. The van der Waals surface area contributed by atoms with Crippen molar-refractivity contribution in [2.75, 3.05) is 0 Å². The summed E-state index contributed by atoms with van der Waals surface area (Å²) in [6.45, 7) is 9.55. The first-order valence-corrected chi connectivity index (χ1v) is 26.3. The molecule has 0 saturated carbocycles. The summed E-state index contributed by atoms with van der Waals surface area (Å²) in [5.74, 6) is 0. The largest absolute Gasteiger partial charge is 0.316 e. The maximum Gasteiger partial charge on any atom is 0.220 e. The number of nitriles is 1. The molecule has 0 fully saturated rings. The quantitative estimate of drug-likeness (QED) is 0.153. The van der Waals surface area contributed by atoms with Crippen LogP contribution in [0.2, 0.25) is 0 Å². The molecule has 0 unspecified atom stereocenters. The summed E-state index contributed by atoms with van der Waals surface area (Å²) in [7, 11) is 0. The van der Waals surface area contributed by atoms with Crippen LogP contribution in [0.15, 0.2) is 231 Å². The van der Waals surface area contributed by atoms with Gasteiger partial charge in [0.05, 0.1) is 55.0 Å². The minimum absolute atomic E-state index is 0.420. The van der Waals surface area contributed by atoms with Crippen molar-refractivity contribution in [1.82, 2.24) is 9.13 Å². The first kappa shape index (κ1) is 42.2. The van der Waals surface area contributed by atoms with Crippen LogP contribution in [0.1, 0.15) is 5.56 Å². The van der Waals surface area contributed by atoms with Crippen molar-refractivity contribution in [1.29, 1.82) is 5.26 Å². The van der Waals surface area contributed by atoms with Gasteiger partial charge in [-0.15, -0.1) is 22.7 Å². The number of fused-ring (bicyclic) bond motifs is 14. The molecular formula is C68H38N4S2. The van der Waals surface area contributed by atoms with E-state index in [0.29, 0.717) is 16.8 Å². The first-order chi connectivity index (χ1) is 36.7. The Morgan fingerprint density at radius 2 is 0.851 bits per heavy atom. The van der Waals surface area contributed by atoms with Crippen LogP contribution in [0.5, 0.6) is 0 Å². The molecule has 0 bridgehead atoms. The number of hydrogen-bond acceptors (Lipinski definition) is 3. The molecule has 0 aliphatic rings. The third-order valence-electron chi connectivity index (χ3n) is 15.0. The summed E-state index contributed by atoms with van der Waals surface area (Å²) in [5, 5.41) is 21.2. The average molecular weight is 975 g/mol. The molecule has 0 aliphatic carbocycles. The van der Waals surface area contributed by atoms with Crippen LogP contribution < -0.4 is 0 Å². The van der Waals surface area contributed by atoms with Gasteiger partial charge in [-0.2, -0.15) is 5.26 Å². The number of hydrogen-bond donors (Lipinski definition) is 0. The van der Waals surface area contributed by atoms with Gasteiger partial charge in [0.2, 0.25) is 5.69 Å². The Balaban J connectivity index is 1.21. The van der Waals surface area contributed by atoms with E-state index in [1.807, 2.05) is 36.4 Å². The lowest BCUT2D eigenvalue weighted by Crippen LogP contribution is -2.09. The Kier molecular flexibility index (Phi) is 9.40. The third-order valence-corrected chi connectivity index (χ3v) is 17.4. The highest BCUT2D eigenvalue weighted by atomic mass is 32.1. The monoisotopic (exact) mass is 974 g/mol. The maximum absolute atomic E-state index is 12.1. The highest BCUT2D eigenvalue weighted by Crippen LogP contribution is 2.55. The molecule has 0 atom stereocenters. The fourth-order valence-corrected chi connectivity index (χ4v) is 14.5. The smallest absolute Gasteiger partial charge is 0.220 e. The SMILES string of the molecule is [C-]#[N+]c1c(-c2ccccc2)c(C#N)c(-n2c3ccccc3c3c(-c4ccccc4-c4ccccc4)cccc32)c(-c2ccccc2)c1-n1c2c(ccc3c4ccccc4sc32)c2ccc3c4ccccc4sc3c21. The van der Waals surface area contributed by atoms with Gasteiger partial charge in [0.15, 0.2) is 0 Å². The number of aromatic nitrogens is 2. The molecule has 0 N–H and O–H groups in total. The summed E-state index contributed by atoms with van der Waals surface area (Å²) in [6.07, 6.45) is 0. The molecule has 15 aromatic rings. The second-order valence-electron chi connectivity index (χ2n) is 18.8. The molecule has 6 heteroatoms. The van der Waals surface area contributed by atoms with E-state index in [1.54, 1.807) is 22.7 Å². The van der Waals surface area contributed by atoms with Crippen molar-refractivity contribution >= 4 is 112 Å². The molecule has 4 nitrogen and oxygen atoms in total. The molecule has 0 aliphatic heterocycles. The Labute approximate surface area is 433 Å². The van der Waals surface area contributed by atoms with E-state index in [-0.39, 0.29) is 0 Å². The summed E-state index contributed by atoms with van der Waals surface area (Å²) < 4.78 is 9.48. The molecule has 0 amide bonds. The van der Waals surface area contributed by atoms with Gasteiger partial charge < -0.3 is 9.13 Å². The van der Waals surface area contributed by atoms with Gasteiger partial charge >= 0.3 is 0 Å². The highest BCUT2D eigenvalue weighted by molar-refractivity contribution is 7.27. The highest BCUT2D eigenvalue weighted by Gasteiger charge is 2.33. The Morgan fingerprint density at radius 3 is 1.45 bits per heavy atom. The van der Waals surface area contributed by atoms with Crippen molar-refractivity contribution in [2.45, 2.75) is 0 Å². The molecule has 74 heavy (non-hydrogen) atoms. The van der Waals surface area contributed by atoms with E-state index in [2.05, 4.69) is 214 Å². The summed E-state index contributed by atoms with van der Waals surface area (Å²) >= 11 is 3.60. The van der Waals surface area contributed by atoms with E-state index in [1.165, 1.54) is 30.9 Å². The van der Waals surface area contributed by atoms with Crippen LogP contribution in [0.4, 0.5) is 5.69 Å². The van der Waals surface area contributed by atoms with E-state index >= 15 is 0 Å². The number of para-hydroxylation sites is 1. The Morgan fingerprint density at radius 1 is 0.378 bits per heavy atom. The van der Waals surface area contributed by atoms with Crippen LogP contribution in [0.3, 0.4) is 0 Å². The topological polar surface area (TPSA) is 38.0 Å². The fraction of sp³-hybridized carbons (Fsp3) is 0. The van der Waals surface area contributed by atoms with Gasteiger partial charge in [-0.25, -0.2) is 4.85 Å². The van der Waals surface area contributed by atoms with Gasteiger partial charge in [0, 0.05) is 63.6 Å². The Hall–Kier alpha value is -9.56. The maximum atomic E-state index is 12.1. The fourth-order valence-electron chi connectivity index (χ4n) is 12.0. The van der Waals surface area contributed by atoms with Crippen LogP contribution in [-0.4, -0.2) is 9.13 Å².